The molecular formula is C12H14Cl2N2O2. The summed E-state index contributed by atoms with van der Waals surface area (Å²) < 4.78 is 5.29. The van der Waals surface area contributed by atoms with Crippen LogP contribution in [0.5, 0.6) is 0 Å². The number of nitrogens with one attached hydrogen (secondary N) is 2. The molecule has 1 heterocycles. The first-order valence-corrected chi connectivity index (χ1v) is 6.38. The second-order valence-corrected chi connectivity index (χ2v) is 5.00. The highest BCUT2D eigenvalue weighted by atomic mass is 35.5. The van der Waals surface area contributed by atoms with E-state index in [9.17, 15) is 4.79 Å². The van der Waals surface area contributed by atoms with Crippen LogP contribution in [0.15, 0.2) is 18.2 Å². The van der Waals surface area contributed by atoms with E-state index in [0.717, 1.165) is 0 Å². The minimum absolute atomic E-state index is 0.0380. The molecule has 0 aromatic heterocycles. The first kappa shape index (κ1) is 13.6. The third-order valence-corrected chi connectivity index (χ3v) is 3.52. The van der Waals surface area contributed by atoms with Crippen LogP contribution in [0, 0.1) is 5.92 Å². The van der Waals surface area contributed by atoms with E-state index in [-0.39, 0.29) is 17.9 Å². The summed E-state index contributed by atoms with van der Waals surface area (Å²) in [4.78, 5) is 12.1. The van der Waals surface area contributed by atoms with Gasteiger partial charge < -0.3 is 15.4 Å². The fourth-order valence-corrected chi connectivity index (χ4v) is 2.37. The van der Waals surface area contributed by atoms with Crippen molar-refractivity contribution >= 4 is 34.8 Å². The molecule has 1 aromatic carbocycles. The summed E-state index contributed by atoms with van der Waals surface area (Å²) in [5, 5.41) is 6.82. The van der Waals surface area contributed by atoms with Gasteiger partial charge in [0.05, 0.1) is 29.8 Å². The summed E-state index contributed by atoms with van der Waals surface area (Å²) in [6.45, 7) is 0.964. The van der Waals surface area contributed by atoms with Gasteiger partial charge in [0.15, 0.2) is 0 Å². The molecule has 4 nitrogen and oxygen atoms in total. The number of carbonyl (C=O) groups is 1. The first-order valence-electron chi connectivity index (χ1n) is 5.62. The van der Waals surface area contributed by atoms with Gasteiger partial charge in [0.25, 0.3) is 0 Å². The molecular weight excluding hydrogens is 275 g/mol. The van der Waals surface area contributed by atoms with Crippen LogP contribution in [0.2, 0.25) is 10.0 Å². The Morgan fingerprint density at radius 2 is 2.17 bits per heavy atom. The second kappa shape index (κ2) is 5.89. The maximum atomic E-state index is 12.1. The standard InChI is InChI=1S/C12H14Cl2N2O2/c1-15-11-6-18-5-8(11)12(17)16-10-3-2-7(13)4-9(10)14/h2-4,8,11,15H,5-6H2,1H3,(H,16,17). The number of anilines is 1. The van der Waals surface area contributed by atoms with Crippen molar-refractivity contribution in [2.75, 3.05) is 25.6 Å². The smallest absolute Gasteiger partial charge is 0.231 e. The van der Waals surface area contributed by atoms with Gasteiger partial charge in [0.1, 0.15) is 0 Å². The number of rotatable bonds is 3. The molecule has 2 N–H and O–H groups in total. The molecule has 0 radical (unpaired) electrons. The van der Waals surface area contributed by atoms with Crippen molar-refractivity contribution in [2.45, 2.75) is 6.04 Å². The lowest BCUT2D eigenvalue weighted by atomic mass is 10.0. The van der Waals surface area contributed by atoms with Crippen molar-refractivity contribution in [3.05, 3.63) is 28.2 Å². The molecule has 0 saturated carbocycles. The molecule has 1 aliphatic heterocycles. The molecule has 6 heteroatoms. The zero-order valence-corrected chi connectivity index (χ0v) is 11.4. The summed E-state index contributed by atoms with van der Waals surface area (Å²) in [7, 11) is 1.81. The number of likely N-dealkylation sites (N-methyl/N-ethyl adjacent to an activating group) is 1. The van der Waals surface area contributed by atoms with Crippen molar-refractivity contribution in [2.24, 2.45) is 5.92 Å². The number of halogens is 2. The van der Waals surface area contributed by atoms with Gasteiger partial charge >= 0.3 is 0 Å². The van der Waals surface area contributed by atoms with E-state index in [4.69, 9.17) is 27.9 Å². The predicted octanol–water partition coefficient (Wildman–Crippen LogP) is 2.17. The Morgan fingerprint density at radius 3 is 2.83 bits per heavy atom. The lowest BCUT2D eigenvalue weighted by Crippen LogP contribution is -2.39. The SMILES string of the molecule is CNC1COCC1C(=O)Nc1ccc(Cl)cc1Cl. The van der Waals surface area contributed by atoms with Crippen LogP contribution in [-0.2, 0) is 9.53 Å². The molecule has 0 spiro atoms. The quantitative estimate of drug-likeness (QED) is 0.896. The first-order chi connectivity index (χ1) is 8.61. The van der Waals surface area contributed by atoms with E-state index in [2.05, 4.69) is 10.6 Å². The maximum Gasteiger partial charge on any atom is 0.231 e. The highest BCUT2D eigenvalue weighted by Gasteiger charge is 2.33. The Balaban J connectivity index is 2.07. The molecule has 18 heavy (non-hydrogen) atoms. The highest BCUT2D eigenvalue weighted by Crippen LogP contribution is 2.26. The van der Waals surface area contributed by atoms with Gasteiger partial charge in [-0.3, -0.25) is 4.79 Å². The molecule has 0 aliphatic carbocycles. The number of carbonyl (C=O) groups excluding carboxylic acids is 1. The van der Waals surface area contributed by atoms with Crippen LogP contribution in [0.25, 0.3) is 0 Å². The third-order valence-electron chi connectivity index (χ3n) is 2.98. The van der Waals surface area contributed by atoms with Gasteiger partial charge in [0, 0.05) is 11.1 Å². The minimum Gasteiger partial charge on any atom is -0.379 e. The number of amides is 1. The summed E-state index contributed by atoms with van der Waals surface area (Å²) >= 11 is 11.8. The van der Waals surface area contributed by atoms with Crippen LogP contribution < -0.4 is 10.6 Å². The van der Waals surface area contributed by atoms with Gasteiger partial charge in [-0.25, -0.2) is 0 Å². The van der Waals surface area contributed by atoms with Crippen LogP contribution in [0.1, 0.15) is 0 Å². The van der Waals surface area contributed by atoms with Crippen LogP contribution in [0.4, 0.5) is 5.69 Å². The fourth-order valence-electron chi connectivity index (χ4n) is 1.91. The van der Waals surface area contributed by atoms with Crippen molar-refractivity contribution in [3.63, 3.8) is 0 Å². The Labute approximate surface area is 116 Å². The molecule has 2 rings (SSSR count). The van der Waals surface area contributed by atoms with Crippen molar-refractivity contribution < 1.29 is 9.53 Å². The second-order valence-electron chi connectivity index (χ2n) is 4.15. The van der Waals surface area contributed by atoms with Crippen molar-refractivity contribution in [1.29, 1.82) is 0 Å². The van der Waals surface area contributed by atoms with Crippen LogP contribution in [-0.4, -0.2) is 32.2 Å². The van der Waals surface area contributed by atoms with Gasteiger partial charge in [0.2, 0.25) is 5.91 Å². The summed E-state index contributed by atoms with van der Waals surface area (Å²) in [6, 6.07) is 5.01. The van der Waals surface area contributed by atoms with E-state index in [0.29, 0.717) is 28.9 Å². The molecule has 2 unspecified atom stereocenters. The molecule has 1 aliphatic rings. The number of ether oxygens (including phenoxy) is 1. The number of hydrogen-bond acceptors (Lipinski definition) is 3. The van der Waals surface area contributed by atoms with Gasteiger partial charge in [-0.15, -0.1) is 0 Å². The fraction of sp³-hybridized carbons (Fsp3) is 0.417. The molecule has 1 saturated heterocycles. The lowest BCUT2D eigenvalue weighted by molar-refractivity contribution is -0.120. The maximum absolute atomic E-state index is 12.1. The van der Waals surface area contributed by atoms with Crippen molar-refractivity contribution in [1.82, 2.24) is 5.32 Å². The minimum atomic E-state index is -0.207. The largest absolute Gasteiger partial charge is 0.379 e. The molecule has 2 atom stereocenters. The number of benzene rings is 1. The van der Waals surface area contributed by atoms with E-state index in [1.54, 1.807) is 18.2 Å². The predicted molar refractivity (Wildman–Crippen MR) is 72.2 cm³/mol. The third kappa shape index (κ3) is 2.95. The summed E-state index contributed by atoms with van der Waals surface area (Å²) in [5.41, 5.74) is 0.563. The molecule has 98 valence electrons. The van der Waals surface area contributed by atoms with Gasteiger partial charge in [-0.2, -0.15) is 0 Å². The Kier molecular flexibility index (Phi) is 4.45. The number of hydrogen-bond donors (Lipinski definition) is 2. The Hall–Kier alpha value is -0.810. The monoisotopic (exact) mass is 288 g/mol. The normalized spacial score (nSPS) is 23.1. The Morgan fingerprint density at radius 1 is 1.39 bits per heavy atom. The lowest BCUT2D eigenvalue weighted by Gasteiger charge is -2.17. The summed E-state index contributed by atoms with van der Waals surface area (Å²) in [6.07, 6.45) is 0. The molecule has 1 amide bonds. The van der Waals surface area contributed by atoms with Crippen LogP contribution in [0.3, 0.4) is 0 Å². The van der Waals surface area contributed by atoms with Gasteiger partial charge in [-0.05, 0) is 25.2 Å². The summed E-state index contributed by atoms with van der Waals surface area (Å²) in [5.74, 6) is -0.308. The zero-order valence-electron chi connectivity index (χ0n) is 9.87. The van der Waals surface area contributed by atoms with E-state index < -0.39 is 0 Å². The van der Waals surface area contributed by atoms with E-state index in [1.165, 1.54) is 0 Å². The zero-order chi connectivity index (χ0) is 13.1. The average molecular weight is 289 g/mol. The molecule has 0 bridgehead atoms. The topological polar surface area (TPSA) is 50.4 Å². The highest BCUT2D eigenvalue weighted by molar-refractivity contribution is 6.36. The van der Waals surface area contributed by atoms with Crippen LogP contribution >= 0.6 is 23.2 Å². The Bertz CT molecular complexity index is 454. The molecule has 1 fully saturated rings. The molecule has 1 aromatic rings. The average Bonchev–Trinajstić information content (AvgIpc) is 2.81. The van der Waals surface area contributed by atoms with E-state index in [1.807, 2.05) is 7.05 Å². The van der Waals surface area contributed by atoms with Gasteiger partial charge in [-0.1, -0.05) is 23.2 Å². The van der Waals surface area contributed by atoms with Crippen molar-refractivity contribution in [3.8, 4) is 0 Å². The van der Waals surface area contributed by atoms with E-state index >= 15 is 0 Å².